The molecule has 1 aliphatic rings. The van der Waals surface area contributed by atoms with Crippen molar-refractivity contribution in [2.24, 2.45) is 7.05 Å². The van der Waals surface area contributed by atoms with Crippen LogP contribution in [0.25, 0.3) is 16.5 Å². The van der Waals surface area contributed by atoms with Gasteiger partial charge in [0.25, 0.3) is 11.8 Å². The molecule has 3 aromatic rings. The first-order valence-corrected chi connectivity index (χ1v) is 10.9. The molecule has 6 nitrogen and oxygen atoms in total. The predicted octanol–water partition coefficient (Wildman–Crippen LogP) is 5.26. The SMILES string of the molecule is C=CC(=O)Oc1ccc(N2C(=O)C(=C(C)C)C(=C(C)c3c(C)n(C)c4ccccc34)C2=O)cc1. The smallest absolute Gasteiger partial charge is 0.335 e. The summed E-state index contributed by atoms with van der Waals surface area (Å²) in [5.74, 6) is -1.03. The van der Waals surface area contributed by atoms with E-state index in [9.17, 15) is 14.4 Å². The third-order valence-electron chi connectivity index (χ3n) is 6.21. The van der Waals surface area contributed by atoms with Crippen molar-refractivity contribution in [2.45, 2.75) is 27.7 Å². The van der Waals surface area contributed by atoms with E-state index in [4.69, 9.17) is 4.74 Å². The summed E-state index contributed by atoms with van der Waals surface area (Å²) in [5, 5.41) is 1.03. The van der Waals surface area contributed by atoms with Crippen molar-refractivity contribution < 1.29 is 19.1 Å². The molecule has 172 valence electrons. The summed E-state index contributed by atoms with van der Waals surface area (Å²) in [4.78, 5) is 39.8. The number of hydrogen-bond acceptors (Lipinski definition) is 4. The van der Waals surface area contributed by atoms with Crippen molar-refractivity contribution in [3.8, 4) is 5.75 Å². The van der Waals surface area contributed by atoms with Crippen LogP contribution in [0.1, 0.15) is 32.0 Å². The molecule has 0 spiro atoms. The molecular formula is C28H26N2O4. The molecular weight excluding hydrogens is 428 g/mol. The number of benzene rings is 2. The summed E-state index contributed by atoms with van der Waals surface area (Å²) in [6, 6.07) is 14.3. The Kier molecular flexibility index (Phi) is 5.83. The summed E-state index contributed by atoms with van der Waals surface area (Å²) in [6.45, 7) is 11.0. The molecule has 2 aromatic carbocycles. The highest BCUT2D eigenvalue weighted by Crippen LogP contribution is 2.40. The molecule has 0 unspecified atom stereocenters. The number of nitrogens with zero attached hydrogens (tertiary/aromatic N) is 2. The maximum absolute atomic E-state index is 13.7. The number of fused-ring (bicyclic) bond motifs is 1. The fourth-order valence-electron chi connectivity index (χ4n) is 4.52. The number of amides is 2. The number of anilines is 1. The Balaban J connectivity index is 1.86. The number of aromatic nitrogens is 1. The first-order chi connectivity index (χ1) is 16.2. The molecule has 1 aromatic heterocycles. The minimum absolute atomic E-state index is 0.300. The zero-order valence-corrected chi connectivity index (χ0v) is 19.9. The van der Waals surface area contributed by atoms with E-state index >= 15 is 0 Å². The first kappa shape index (κ1) is 23.0. The van der Waals surface area contributed by atoms with Gasteiger partial charge in [-0.2, -0.15) is 0 Å². The van der Waals surface area contributed by atoms with Crippen LogP contribution in [-0.4, -0.2) is 22.4 Å². The number of imide groups is 1. The molecule has 34 heavy (non-hydrogen) atoms. The molecule has 2 heterocycles. The third-order valence-corrected chi connectivity index (χ3v) is 6.21. The highest BCUT2D eigenvalue weighted by molar-refractivity contribution is 6.39. The average Bonchev–Trinajstić information content (AvgIpc) is 3.23. The highest BCUT2D eigenvalue weighted by Gasteiger charge is 2.42. The summed E-state index contributed by atoms with van der Waals surface area (Å²) in [6.07, 6.45) is 1.07. The molecule has 2 amide bonds. The Bertz CT molecular complexity index is 1430. The van der Waals surface area contributed by atoms with E-state index in [0.717, 1.165) is 39.4 Å². The Morgan fingerprint density at radius 1 is 0.941 bits per heavy atom. The highest BCUT2D eigenvalue weighted by atomic mass is 16.5. The lowest BCUT2D eigenvalue weighted by Gasteiger charge is -2.14. The fourth-order valence-corrected chi connectivity index (χ4v) is 4.52. The van der Waals surface area contributed by atoms with E-state index in [2.05, 4.69) is 11.1 Å². The summed E-state index contributed by atoms with van der Waals surface area (Å²) in [7, 11) is 2.00. The van der Waals surface area contributed by atoms with Crippen molar-refractivity contribution in [3.63, 3.8) is 0 Å². The van der Waals surface area contributed by atoms with E-state index in [-0.39, 0.29) is 11.8 Å². The van der Waals surface area contributed by atoms with Gasteiger partial charge < -0.3 is 9.30 Å². The van der Waals surface area contributed by atoms with Gasteiger partial charge in [-0.3, -0.25) is 9.59 Å². The van der Waals surface area contributed by atoms with Gasteiger partial charge in [0.05, 0.1) is 16.8 Å². The molecule has 1 saturated heterocycles. The van der Waals surface area contributed by atoms with Crippen molar-refractivity contribution >= 4 is 39.9 Å². The lowest BCUT2D eigenvalue weighted by atomic mass is 9.93. The van der Waals surface area contributed by atoms with Crippen LogP contribution in [0.3, 0.4) is 0 Å². The van der Waals surface area contributed by atoms with Gasteiger partial charge in [0.1, 0.15) is 5.75 Å². The molecule has 0 atom stereocenters. The van der Waals surface area contributed by atoms with Crippen LogP contribution in [0, 0.1) is 6.92 Å². The molecule has 6 heteroatoms. The van der Waals surface area contributed by atoms with Crippen molar-refractivity contribution in [1.29, 1.82) is 0 Å². The Labute approximate surface area is 198 Å². The largest absolute Gasteiger partial charge is 0.423 e. The fraction of sp³-hybridized carbons (Fsp3) is 0.179. The van der Waals surface area contributed by atoms with Crippen LogP contribution in [0.5, 0.6) is 5.75 Å². The number of allylic oxidation sites excluding steroid dienone is 2. The number of para-hydroxylation sites is 1. The number of hydrogen-bond donors (Lipinski definition) is 0. The van der Waals surface area contributed by atoms with E-state index < -0.39 is 5.97 Å². The second kappa shape index (κ2) is 8.63. The van der Waals surface area contributed by atoms with Crippen molar-refractivity contribution in [2.75, 3.05) is 4.90 Å². The van der Waals surface area contributed by atoms with Gasteiger partial charge in [-0.05, 0) is 63.6 Å². The monoisotopic (exact) mass is 454 g/mol. The number of carbonyl (C=O) groups excluding carboxylic acids is 3. The minimum atomic E-state index is -0.584. The quantitative estimate of drug-likeness (QED) is 0.233. The zero-order valence-electron chi connectivity index (χ0n) is 19.9. The molecule has 0 N–H and O–H groups in total. The number of esters is 1. The molecule has 1 fully saturated rings. The normalized spacial score (nSPS) is 15.2. The Morgan fingerprint density at radius 2 is 1.56 bits per heavy atom. The zero-order chi connectivity index (χ0) is 24.7. The summed E-state index contributed by atoms with van der Waals surface area (Å²) < 4.78 is 7.20. The van der Waals surface area contributed by atoms with Gasteiger partial charge >= 0.3 is 5.97 Å². The van der Waals surface area contributed by atoms with E-state index in [1.165, 1.54) is 4.90 Å². The van der Waals surface area contributed by atoms with Crippen LogP contribution in [0.15, 0.2) is 77.9 Å². The molecule has 0 radical (unpaired) electrons. The van der Waals surface area contributed by atoms with Gasteiger partial charge in [0.15, 0.2) is 0 Å². The van der Waals surface area contributed by atoms with Crippen LogP contribution in [0.4, 0.5) is 5.69 Å². The Morgan fingerprint density at radius 3 is 2.18 bits per heavy atom. The van der Waals surface area contributed by atoms with Crippen molar-refractivity contribution in [3.05, 3.63) is 89.2 Å². The average molecular weight is 455 g/mol. The molecule has 0 aliphatic carbocycles. The number of aryl methyl sites for hydroxylation is 1. The second-order valence-corrected chi connectivity index (χ2v) is 8.48. The number of rotatable bonds is 4. The van der Waals surface area contributed by atoms with Gasteiger partial charge in [-0.15, -0.1) is 0 Å². The second-order valence-electron chi connectivity index (χ2n) is 8.48. The molecule has 4 rings (SSSR count). The Hall–Kier alpha value is -4.19. The molecule has 0 bridgehead atoms. The van der Waals surface area contributed by atoms with Crippen LogP contribution < -0.4 is 9.64 Å². The summed E-state index contributed by atoms with van der Waals surface area (Å²) in [5.41, 5.74) is 5.81. The predicted molar refractivity (Wildman–Crippen MR) is 133 cm³/mol. The van der Waals surface area contributed by atoms with Crippen LogP contribution in [-0.2, 0) is 21.4 Å². The molecule has 1 aliphatic heterocycles. The molecule has 0 saturated carbocycles. The van der Waals surface area contributed by atoms with Gasteiger partial charge in [-0.1, -0.05) is 30.4 Å². The minimum Gasteiger partial charge on any atom is -0.423 e. The van der Waals surface area contributed by atoms with Crippen molar-refractivity contribution in [1.82, 2.24) is 4.57 Å². The lowest BCUT2D eigenvalue weighted by molar-refractivity contribution is -0.129. The third kappa shape index (κ3) is 3.57. The van der Waals surface area contributed by atoms with Crippen LogP contribution in [0.2, 0.25) is 0 Å². The standard InChI is InChI=1S/C28H26N2O4/c1-7-23(31)34-20-14-12-19(13-15-20)30-27(32)24(16(2)3)26(28(30)33)17(4)25-18(5)29(6)22-11-9-8-10-21(22)25/h7-15H,1H2,2-6H3. The lowest BCUT2D eigenvalue weighted by Crippen LogP contribution is -2.29. The number of carbonyl (C=O) groups is 3. The maximum atomic E-state index is 13.7. The maximum Gasteiger partial charge on any atom is 0.335 e. The topological polar surface area (TPSA) is 68.6 Å². The first-order valence-electron chi connectivity index (χ1n) is 10.9. The van der Waals surface area contributed by atoms with Crippen LogP contribution >= 0.6 is 0 Å². The van der Waals surface area contributed by atoms with E-state index in [1.54, 1.807) is 24.3 Å². The van der Waals surface area contributed by atoms with E-state index in [0.29, 0.717) is 22.6 Å². The van der Waals surface area contributed by atoms with Gasteiger partial charge in [0.2, 0.25) is 0 Å². The van der Waals surface area contributed by atoms with E-state index in [1.807, 2.05) is 59.0 Å². The van der Waals surface area contributed by atoms with Gasteiger partial charge in [-0.25, -0.2) is 9.69 Å². The summed E-state index contributed by atoms with van der Waals surface area (Å²) >= 11 is 0. The number of ether oxygens (including phenoxy) is 1. The van der Waals surface area contributed by atoms with Gasteiger partial charge in [0, 0.05) is 35.3 Å².